The van der Waals surface area contributed by atoms with Gasteiger partial charge in [-0.25, -0.2) is 9.48 Å². The van der Waals surface area contributed by atoms with Gasteiger partial charge in [0.1, 0.15) is 6.04 Å². The molecule has 1 aromatic heterocycles. The Morgan fingerprint density at radius 2 is 2.13 bits per heavy atom. The molecule has 1 aromatic carbocycles. The van der Waals surface area contributed by atoms with Gasteiger partial charge in [-0.1, -0.05) is 31.0 Å². The molecule has 2 aromatic rings. The summed E-state index contributed by atoms with van der Waals surface area (Å²) in [6.45, 7) is 3.67. The molecule has 0 fully saturated rings. The second-order valence-corrected chi connectivity index (χ2v) is 5.65. The number of carboxylic acid groups (broad SMARTS) is 1. The number of hydrogen-bond donors (Lipinski definition) is 2. The first kappa shape index (κ1) is 17.0. The lowest BCUT2D eigenvalue weighted by molar-refractivity contribution is -0.139. The van der Waals surface area contributed by atoms with Crippen LogP contribution in [-0.4, -0.2) is 32.8 Å². The molecule has 23 heavy (non-hydrogen) atoms. The number of halogens is 1. The highest BCUT2D eigenvalue weighted by Gasteiger charge is 2.21. The third-order valence-electron chi connectivity index (χ3n) is 3.35. The van der Waals surface area contributed by atoms with E-state index in [9.17, 15) is 9.59 Å². The second kappa shape index (κ2) is 7.28. The Labute approximate surface area is 139 Å². The third kappa shape index (κ3) is 4.10. The average molecular weight is 336 g/mol. The molecule has 1 heterocycles. The lowest BCUT2D eigenvalue weighted by atomic mass is 10.1. The number of carboxylic acids is 1. The number of aliphatic carboxylic acids is 1. The number of rotatable bonds is 6. The highest BCUT2D eigenvalue weighted by molar-refractivity contribution is 6.30. The van der Waals surface area contributed by atoms with Gasteiger partial charge in [-0.2, -0.15) is 5.10 Å². The Balaban J connectivity index is 2.23. The van der Waals surface area contributed by atoms with Crippen LogP contribution in [0.1, 0.15) is 35.9 Å². The number of amides is 1. The number of hydrogen-bond acceptors (Lipinski definition) is 3. The van der Waals surface area contributed by atoms with Crippen molar-refractivity contribution >= 4 is 23.5 Å². The SMILES string of the molecule is CCCC(NC(=O)c1cc(C)n(-c2cccc(Cl)c2)n1)C(=O)O. The highest BCUT2D eigenvalue weighted by Crippen LogP contribution is 2.17. The first-order valence-corrected chi connectivity index (χ1v) is 7.66. The van der Waals surface area contributed by atoms with E-state index in [2.05, 4.69) is 10.4 Å². The summed E-state index contributed by atoms with van der Waals surface area (Å²) in [7, 11) is 0. The van der Waals surface area contributed by atoms with Crippen molar-refractivity contribution in [3.8, 4) is 5.69 Å². The molecule has 1 amide bonds. The van der Waals surface area contributed by atoms with Crippen LogP contribution in [0.25, 0.3) is 5.69 Å². The number of nitrogens with one attached hydrogen (secondary N) is 1. The van der Waals surface area contributed by atoms with Crippen molar-refractivity contribution in [3.63, 3.8) is 0 Å². The monoisotopic (exact) mass is 335 g/mol. The molecule has 0 aliphatic rings. The van der Waals surface area contributed by atoms with E-state index < -0.39 is 17.9 Å². The molecular weight excluding hydrogens is 318 g/mol. The molecule has 2 N–H and O–H groups in total. The van der Waals surface area contributed by atoms with Crippen molar-refractivity contribution in [2.24, 2.45) is 0 Å². The van der Waals surface area contributed by atoms with Gasteiger partial charge in [-0.3, -0.25) is 4.79 Å². The number of carbonyl (C=O) groups excluding carboxylic acids is 1. The van der Waals surface area contributed by atoms with Crippen LogP contribution in [0.4, 0.5) is 0 Å². The van der Waals surface area contributed by atoms with Crippen LogP contribution in [0.5, 0.6) is 0 Å². The Morgan fingerprint density at radius 3 is 2.74 bits per heavy atom. The minimum absolute atomic E-state index is 0.171. The van der Waals surface area contributed by atoms with Gasteiger partial charge in [0.05, 0.1) is 5.69 Å². The van der Waals surface area contributed by atoms with Crippen molar-refractivity contribution in [1.82, 2.24) is 15.1 Å². The molecule has 1 unspecified atom stereocenters. The summed E-state index contributed by atoms with van der Waals surface area (Å²) in [5.74, 6) is -1.55. The van der Waals surface area contributed by atoms with E-state index in [1.807, 2.05) is 19.9 Å². The summed E-state index contributed by atoms with van der Waals surface area (Å²) in [6, 6.07) is 7.80. The summed E-state index contributed by atoms with van der Waals surface area (Å²) in [5.41, 5.74) is 1.65. The maximum atomic E-state index is 12.2. The standard InChI is InChI=1S/C16H18ClN3O3/c1-3-5-13(16(22)23)18-15(21)14-8-10(2)20(19-14)12-7-4-6-11(17)9-12/h4,6-9,13H,3,5H2,1-2H3,(H,18,21)(H,22,23). The summed E-state index contributed by atoms with van der Waals surface area (Å²) in [5, 5.41) is 16.4. The van der Waals surface area contributed by atoms with E-state index in [1.54, 1.807) is 28.9 Å². The average Bonchev–Trinajstić information content (AvgIpc) is 2.88. The van der Waals surface area contributed by atoms with Crippen molar-refractivity contribution in [1.29, 1.82) is 0 Å². The van der Waals surface area contributed by atoms with E-state index in [4.69, 9.17) is 16.7 Å². The van der Waals surface area contributed by atoms with E-state index >= 15 is 0 Å². The van der Waals surface area contributed by atoms with Crippen molar-refractivity contribution in [2.45, 2.75) is 32.7 Å². The first-order valence-electron chi connectivity index (χ1n) is 7.28. The number of aromatic nitrogens is 2. The molecular formula is C16H18ClN3O3. The highest BCUT2D eigenvalue weighted by atomic mass is 35.5. The smallest absolute Gasteiger partial charge is 0.326 e. The molecule has 0 saturated carbocycles. The topological polar surface area (TPSA) is 84.2 Å². The molecule has 6 nitrogen and oxygen atoms in total. The van der Waals surface area contributed by atoms with Gasteiger partial charge in [0.15, 0.2) is 5.69 Å². The fourth-order valence-corrected chi connectivity index (χ4v) is 2.42. The van der Waals surface area contributed by atoms with Gasteiger partial charge in [0, 0.05) is 10.7 Å². The molecule has 0 aliphatic carbocycles. The molecule has 0 saturated heterocycles. The van der Waals surface area contributed by atoms with Gasteiger partial charge in [0.25, 0.3) is 5.91 Å². The number of carbonyl (C=O) groups is 2. The number of benzene rings is 1. The van der Waals surface area contributed by atoms with Crippen LogP contribution >= 0.6 is 11.6 Å². The molecule has 0 aliphatic heterocycles. The Hall–Kier alpha value is -2.34. The van der Waals surface area contributed by atoms with E-state index in [-0.39, 0.29) is 5.69 Å². The fourth-order valence-electron chi connectivity index (χ4n) is 2.23. The molecule has 0 radical (unpaired) electrons. The van der Waals surface area contributed by atoms with Crippen LogP contribution in [0.15, 0.2) is 30.3 Å². The van der Waals surface area contributed by atoms with E-state index in [0.717, 1.165) is 11.4 Å². The van der Waals surface area contributed by atoms with Crippen LogP contribution < -0.4 is 5.32 Å². The predicted molar refractivity (Wildman–Crippen MR) is 87.1 cm³/mol. The molecule has 1 atom stereocenters. The normalized spacial score (nSPS) is 12.0. The maximum absolute atomic E-state index is 12.2. The van der Waals surface area contributed by atoms with Gasteiger partial charge >= 0.3 is 5.97 Å². The molecule has 122 valence electrons. The number of aryl methyl sites for hydroxylation is 1. The summed E-state index contributed by atoms with van der Waals surface area (Å²) in [4.78, 5) is 23.4. The zero-order valence-electron chi connectivity index (χ0n) is 12.9. The molecule has 0 bridgehead atoms. The van der Waals surface area contributed by atoms with Crippen LogP contribution in [-0.2, 0) is 4.79 Å². The van der Waals surface area contributed by atoms with Gasteiger partial charge in [-0.05, 0) is 37.6 Å². The minimum Gasteiger partial charge on any atom is -0.480 e. The van der Waals surface area contributed by atoms with Gasteiger partial charge in [-0.15, -0.1) is 0 Å². The first-order chi connectivity index (χ1) is 10.9. The quantitative estimate of drug-likeness (QED) is 0.850. The maximum Gasteiger partial charge on any atom is 0.326 e. The summed E-state index contributed by atoms with van der Waals surface area (Å²) in [6.07, 6.45) is 1.03. The van der Waals surface area contributed by atoms with Crippen molar-refractivity contribution in [2.75, 3.05) is 0 Å². The zero-order chi connectivity index (χ0) is 17.0. The van der Waals surface area contributed by atoms with Crippen LogP contribution in [0, 0.1) is 6.92 Å². The summed E-state index contributed by atoms with van der Waals surface area (Å²) < 4.78 is 1.59. The van der Waals surface area contributed by atoms with Gasteiger partial charge in [0.2, 0.25) is 0 Å². The fraction of sp³-hybridized carbons (Fsp3) is 0.312. The lowest BCUT2D eigenvalue weighted by Gasteiger charge is -2.12. The van der Waals surface area contributed by atoms with Gasteiger partial charge < -0.3 is 10.4 Å². The summed E-state index contributed by atoms with van der Waals surface area (Å²) >= 11 is 5.97. The Kier molecular flexibility index (Phi) is 5.39. The van der Waals surface area contributed by atoms with E-state index in [1.165, 1.54) is 0 Å². The molecule has 2 rings (SSSR count). The minimum atomic E-state index is -1.05. The Morgan fingerprint density at radius 1 is 1.39 bits per heavy atom. The third-order valence-corrected chi connectivity index (χ3v) is 3.59. The van der Waals surface area contributed by atoms with Crippen LogP contribution in [0.3, 0.4) is 0 Å². The second-order valence-electron chi connectivity index (χ2n) is 5.22. The Bertz CT molecular complexity index is 727. The number of nitrogens with zero attached hydrogens (tertiary/aromatic N) is 2. The molecule has 0 spiro atoms. The van der Waals surface area contributed by atoms with Crippen molar-refractivity contribution < 1.29 is 14.7 Å². The van der Waals surface area contributed by atoms with Crippen LogP contribution in [0.2, 0.25) is 5.02 Å². The largest absolute Gasteiger partial charge is 0.480 e. The zero-order valence-corrected chi connectivity index (χ0v) is 13.7. The van der Waals surface area contributed by atoms with E-state index in [0.29, 0.717) is 17.9 Å². The van der Waals surface area contributed by atoms with Crippen molar-refractivity contribution in [3.05, 3.63) is 46.7 Å². The predicted octanol–water partition coefficient (Wildman–Crippen LogP) is 2.82. The lowest BCUT2D eigenvalue weighted by Crippen LogP contribution is -2.40. The molecule has 7 heteroatoms.